The van der Waals surface area contributed by atoms with Crippen molar-refractivity contribution in [3.05, 3.63) is 64.7 Å². The summed E-state index contributed by atoms with van der Waals surface area (Å²) < 4.78 is 17.1. The summed E-state index contributed by atoms with van der Waals surface area (Å²) >= 11 is 0. The zero-order chi connectivity index (χ0) is 22.0. The molecule has 9 heteroatoms. The first-order valence-corrected chi connectivity index (χ1v) is 9.55. The van der Waals surface area contributed by atoms with E-state index in [-0.39, 0.29) is 22.7 Å². The van der Waals surface area contributed by atoms with Crippen molar-refractivity contribution in [2.75, 3.05) is 20.8 Å². The molecule has 0 aliphatic heterocycles. The van der Waals surface area contributed by atoms with Gasteiger partial charge in [-0.1, -0.05) is 12.1 Å². The number of methoxy groups -OCH3 is 2. The minimum atomic E-state index is -0.687. The number of fused-ring (bicyclic) bond motifs is 1. The molecule has 0 saturated carbocycles. The van der Waals surface area contributed by atoms with Gasteiger partial charge in [0.15, 0.2) is 17.2 Å². The highest BCUT2D eigenvalue weighted by atomic mass is 16.5. The van der Waals surface area contributed by atoms with E-state index in [1.165, 1.54) is 18.8 Å². The number of nitrogens with zero attached hydrogens (tertiary/aromatic N) is 3. The Morgan fingerprint density at radius 1 is 1.06 bits per heavy atom. The number of aromatic nitrogens is 4. The summed E-state index contributed by atoms with van der Waals surface area (Å²) in [6.07, 6.45) is 0. The van der Waals surface area contributed by atoms with Gasteiger partial charge in [0, 0.05) is 5.56 Å². The topological polar surface area (TPSA) is 108 Å². The smallest absolute Gasteiger partial charge is 0.359 e. The molecule has 4 rings (SSSR count). The van der Waals surface area contributed by atoms with Crippen molar-refractivity contribution < 1.29 is 19.0 Å². The molecule has 9 nitrogen and oxygen atoms in total. The number of hydrogen-bond acceptors (Lipinski definition) is 7. The summed E-state index contributed by atoms with van der Waals surface area (Å²) in [5.41, 5.74) is 1.01. The molecular formula is C22H20N4O5. The van der Waals surface area contributed by atoms with Crippen molar-refractivity contribution in [3.8, 4) is 28.6 Å². The van der Waals surface area contributed by atoms with E-state index in [1.807, 2.05) is 6.92 Å². The first kappa shape index (κ1) is 20.1. The van der Waals surface area contributed by atoms with Crippen molar-refractivity contribution >= 4 is 17.1 Å². The van der Waals surface area contributed by atoms with E-state index in [2.05, 4.69) is 15.0 Å². The van der Waals surface area contributed by atoms with Crippen LogP contribution in [0.3, 0.4) is 0 Å². The van der Waals surface area contributed by atoms with Crippen LogP contribution in [0, 0.1) is 0 Å². The van der Waals surface area contributed by atoms with Gasteiger partial charge in [0.25, 0.3) is 0 Å². The van der Waals surface area contributed by atoms with E-state index < -0.39 is 11.7 Å². The molecule has 2 aromatic heterocycles. The number of carbonyl (C=O) groups excluding carboxylic acids is 1. The van der Waals surface area contributed by atoms with E-state index >= 15 is 0 Å². The quantitative estimate of drug-likeness (QED) is 0.478. The highest BCUT2D eigenvalue weighted by Gasteiger charge is 2.23. The molecule has 0 bridgehead atoms. The molecular weight excluding hydrogens is 400 g/mol. The third-order valence-corrected chi connectivity index (χ3v) is 4.67. The highest BCUT2D eigenvalue weighted by molar-refractivity contribution is 6.00. The zero-order valence-corrected chi connectivity index (χ0v) is 17.2. The molecule has 0 aliphatic rings. The summed E-state index contributed by atoms with van der Waals surface area (Å²) in [6, 6.07) is 14.2. The molecule has 0 radical (unpaired) electrons. The lowest BCUT2D eigenvalue weighted by Gasteiger charge is -2.10. The Kier molecular flexibility index (Phi) is 5.40. The maximum Gasteiger partial charge on any atom is 0.359 e. The summed E-state index contributed by atoms with van der Waals surface area (Å²) in [7, 11) is 2.76. The van der Waals surface area contributed by atoms with Crippen molar-refractivity contribution in [1.82, 2.24) is 19.5 Å². The largest absolute Gasteiger partial charge is 0.495 e. The molecule has 2 heterocycles. The normalized spacial score (nSPS) is 10.8. The lowest BCUT2D eigenvalue weighted by molar-refractivity contribution is 0.0596. The van der Waals surface area contributed by atoms with Gasteiger partial charge in [-0.05, 0) is 43.3 Å². The maximum atomic E-state index is 12.9. The SMILES string of the molecule is CCOc1ccc(-c2nc(C(=O)OC)c3[nH]c(=O)n(-c4ccccc4OC)c3n2)cc1. The minimum Gasteiger partial charge on any atom is -0.495 e. The standard InChI is InChI=1S/C22H20N4O5/c1-4-31-14-11-9-13(10-12-14)19-23-18(21(27)30-3)17-20(25-19)26(22(28)24-17)15-7-5-6-8-16(15)29-2/h5-12H,4H2,1-3H3,(H,24,28). The Morgan fingerprint density at radius 2 is 1.81 bits per heavy atom. The second-order valence-corrected chi connectivity index (χ2v) is 6.48. The van der Waals surface area contributed by atoms with Gasteiger partial charge in [-0.25, -0.2) is 24.1 Å². The van der Waals surface area contributed by atoms with Crippen LogP contribution >= 0.6 is 0 Å². The average Bonchev–Trinajstić information content (AvgIpc) is 3.14. The fourth-order valence-electron chi connectivity index (χ4n) is 3.26. The Labute approximate surface area is 177 Å². The van der Waals surface area contributed by atoms with Crippen molar-refractivity contribution in [1.29, 1.82) is 0 Å². The van der Waals surface area contributed by atoms with Crippen LogP contribution in [0.5, 0.6) is 11.5 Å². The second kappa shape index (κ2) is 8.31. The molecule has 0 unspecified atom stereocenters. The van der Waals surface area contributed by atoms with Crippen molar-refractivity contribution in [3.63, 3.8) is 0 Å². The van der Waals surface area contributed by atoms with Gasteiger partial charge in [-0.3, -0.25) is 0 Å². The lowest BCUT2D eigenvalue weighted by atomic mass is 10.2. The van der Waals surface area contributed by atoms with Crippen molar-refractivity contribution in [2.45, 2.75) is 6.92 Å². The summed E-state index contributed by atoms with van der Waals surface area (Å²) in [5.74, 6) is 0.756. The summed E-state index contributed by atoms with van der Waals surface area (Å²) in [5, 5.41) is 0. The van der Waals surface area contributed by atoms with E-state index in [9.17, 15) is 9.59 Å². The molecule has 0 atom stereocenters. The third kappa shape index (κ3) is 3.61. The number of nitrogens with one attached hydrogen (secondary N) is 1. The molecule has 0 fully saturated rings. The van der Waals surface area contributed by atoms with Gasteiger partial charge in [0.2, 0.25) is 0 Å². The van der Waals surface area contributed by atoms with Crippen LogP contribution < -0.4 is 15.2 Å². The number of ether oxygens (including phenoxy) is 3. The molecule has 2 aromatic carbocycles. The molecule has 4 aromatic rings. The molecule has 0 saturated heterocycles. The minimum absolute atomic E-state index is 0.0397. The number of rotatable bonds is 6. The van der Waals surface area contributed by atoms with Crippen molar-refractivity contribution in [2.24, 2.45) is 0 Å². The molecule has 0 amide bonds. The molecule has 31 heavy (non-hydrogen) atoms. The zero-order valence-electron chi connectivity index (χ0n) is 17.2. The van der Waals surface area contributed by atoms with Crippen LogP contribution in [0.15, 0.2) is 53.3 Å². The molecule has 0 aliphatic carbocycles. The number of imidazole rings is 1. The molecule has 0 spiro atoms. The average molecular weight is 420 g/mol. The van der Waals surface area contributed by atoms with Crippen LogP contribution in [-0.2, 0) is 4.74 Å². The van der Waals surface area contributed by atoms with Crippen LogP contribution in [0.2, 0.25) is 0 Å². The van der Waals surface area contributed by atoms with Crippen LogP contribution in [-0.4, -0.2) is 46.3 Å². The summed E-state index contributed by atoms with van der Waals surface area (Å²) in [4.78, 5) is 36.9. The van der Waals surface area contributed by atoms with Crippen LogP contribution in [0.4, 0.5) is 0 Å². The van der Waals surface area contributed by atoms with Crippen LogP contribution in [0.25, 0.3) is 28.2 Å². The van der Waals surface area contributed by atoms with Crippen LogP contribution in [0.1, 0.15) is 17.4 Å². The predicted molar refractivity (Wildman–Crippen MR) is 114 cm³/mol. The van der Waals surface area contributed by atoms with Gasteiger partial charge < -0.3 is 19.2 Å². The highest BCUT2D eigenvalue weighted by Crippen LogP contribution is 2.27. The van der Waals surface area contributed by atoms with Gasteiger partial charge in [-0.2, -0.15) is 0 Å². The van der Waals surface area contributed by atoms with Gasteiger partial charge in [0.05, 0.1) is 26.5 Å². The Bertz CT molecular complexity index is 1310. The maximum absolute atomic E-state index is 12.9. The molecule has 158 valence electrons. The first-order valence-electron chi connectivity index (χ1n) is 9.55. The predicted octanol–water partition coefficient (Wildman–Crippen LogP) is 2.97. The number of aromatic amines is 1. The fourth-order valence-corrected chi connectivity index (χ4v) is 3.26. The lowest BCUT2D eigenvalue weighted by Crippen LogP contribution is -2.15. The third-order valence-electron chi connectivity index (χ3n) is 4.67. The Balaban J connectivity index is 1.99. The van der Waals surface area contributed by atoms with E-state index in [4.69, 9.17) is 14.2 Å². The van der Waals surface area contributed by atoms with E-state index in [0.717, 1.165) is 0 Å². The number of H-pyrrole nitrogens is 1. The van der Waals surface area contributed by atoms with Gasteiger partial charge in [0.1, 0.15) is 17.0 Å². The van der Waals surface area contributed by atoms with Gasteiger partial charge in [-0.15, -0.1) is 0 Å². The summed E-state index contributed by atoms with van der Waals surface area (Å²) in [6.45, 7) is 2.44. The number of hydrogen-bond donors (Lipinski definition) is 1. The Hall–Kier alpha value is -4.14. The number of carbonyl (C=O) groups is 1. The van der Waals surface area contributed by atoms with E-state index in [1.54, 1.807) is 48.5 Å². The van der Waals surface area contributed by atoms with Gasteiger partial charge >= 0.3 is 11.7 Å². The number of benzene rings is 2. The fraction of sp³-hybridized carbons (Fsp3) is 0.182. The second-order valence-electron chi connectivity index (χ2n) is 6.48. The van der Waals surface area contributed by atoms with E-state index in [0.29, 0.717) is 29.4 Å². The molecule has 1 N–H and O–H groups in total. The number of para-hydroxylation sites is 2. The Morgan fingerprint density at radius 3 is 2.48 bits per heavy atom. The number of esters is 1. The monoisotopic (exact) mass is 420 g/mol. The first-order chi connectivity index (χ1) is 15.1.